The van der Waals surface area contributed by atoms with Crippen molar-refractivity contribution in [2.24, 2.45) is 0 Å². The number of unbranched alkanes of at least 4 members (excludes halogenated alkanes) is 1. The van der Waals surface area contributed by atoms with Crippen LogP contribution in [-0.2, 0) is 0 Å². The van der Waals surface area contributed by atoms with E-state index in [0.29, 0.717) is 0 Å². The SMILES string of the molecule is C[C@@H]1CC[C@H](C)N1CCCCN1[C@@H](C)CC[C@@H]1C. The zero-order chi connectivity index (χ0) is 13.1. The van der Waals surface area contributed by atoms with Crippen molar-refractivity contribution in [2.75, 3.05) is 13.1 Å². The van der Waals surface area contributed by atoms with E-state index in [2.05, 4.69) is 37.5 Å². The van der Waals surface area contributed by atoms with Gasteiger partial charge in [-0.25, -0.2) is 0 Å². The third kappa shape index (κ3) is 3.27. The van der Waals surface area contributed by atoms with E-state index in [1.165, 1.54) is 51.6 Å². The van der Waals surface area contributed by atoms with Gasteiger partial charge in [-0.15, -0.1) is 0 Å². The van der Waals surface area contributed by atoms with E-state index >= 15 is 0 Å². The van der Waals surface area contributed by atoms with Crippen LogP contribution in [0.3, 0.4) is 0 Å². The Kier molecular flexibility index (Phi) is 5.08. The summed E-state index contributed by atoms with van der Waals surface area (Å²) < 4.78 is 0. The fourth-order valence-electron chi connectivity index (χ4n) is 3.97. The number of hydrogen-bond donors (Lipinski definition) is 0. The molecule has 0 unspecified atom stereocenters. The van der Waals surface area contributed by atoms with E-state index < -0.39 is 0 Å². The molecule has 2 heterocycles. The minimum atomic E-state index is 0.824. The molecule has 0 spiro atoms. The largest absolute Gasteiger partial charge is 0.298 e. The quantitative estimate of drug-likeness (QED) is 0.691. The maximum absolute atomic E-state index is 2.72. The highest BCUT2D eigenvalue weighted by Crippen LogP contribution is 2.25. The van der Waals surface area contributed by atoms with Crippen LogP contribution in [0.25, 0.3) is 0 Å². The summed E-state index contributed by atoms with van der Waals surface area (Å²) in [5.74, 6) is 0. The Morgan fingerprint density at radius 3 is 1.17 bits per heavy atom. The van der Waals surface area contributed by atoms with E-state index in [9.17, 15) is 0 Å². The van der Waals surface area contributed by atoms with Gasteiger partial charge in [0.05, 0.1) is 0 Å². The zero-order valence-corrected chi connectivity index (χ0v) is 12.9. The third-order valence-corrected chi connectivity index (χ3v) is 5.35. The summed E-state index contributed by atoms with van der Waals surface area (Å²) in [6.45, 7) is 12.2. The van der Waals surface area contributed by atoms with Crippen LogP contribution in [0.15, 0.2) is 0 Å². The van der Waals surface area contributed by atoms with Crippen LogP contribution in [0, 0.1) is 0 Å². The Bertz CT molecular complexity index is 207. The van der Waals surface area contributed by atoms with Gasteiger partial charge >= 0.3 is 0 Å². The van der Waals surface area contributed by atoms with Crippen LogP contribution in [0.5, 0.6) is 0 Å². The molecule has 0 bridgehead atoms. The predicted octanol–water partition coefficient (Wildman–Crippen LogP) is 3.51. The predicted molar refractivity (Wildman–Crippen MR) is 79.0 cm³/mol. The molecule has 2 aliphatic heterocycles. The van der Waals surface area contributed by atoms with Crippen molar-refractivity contribution in [1.29, 1.82) is 0 Å². The highest BCUT2D eigenvalue weighted by atomic mass is 15.2. The Labute approximate surface area is 114 Å². The first-order chi connectivity index (χ1) is 8.59. The summed E-state index contributed by atoms with van der Waals surface area (Å²) >= 11 is 0. The van der Waals surface area contributed by atoms with Gasteiger partial charge in [0.2, 0.25) is 0 Å². The van der Waals surface area contributed by atoms with E-state index in [1.54, 1.807) is 0 Å². The second-order valence-corrected chi connectivity index (χ2v) is 6.73. The molecule has 2 saturated heterocycles. The molecule has 106 valence electrons. The minimum absolute atomic E-state index is 0.824. The fourth-order valence-corrected chi connectivity index (χ4v) is 3.97. The Morgan fingerprint density at radius 1 is 0.611 bits per heavy atom. The smallest absolute Gasteiger partial charge is 0.00703 e. The summed E-state index contributed by atoms with van der Waals surface area (Å²) in [7, 11) is 0. The highest BCUT2D eigenvalue weighted by Gasteiger charge is 2.28. The molecule has 0 amide bonds. The second kappa shape index (κ2) is 6.38. The Morgan fingerprint density at radius 2 is 0.889 bits per heavy atom. The molecule has 0 N–H and O–H groups in total. The average molecular weight is 252 g/mol. The van der Waals surface area contributed by atoms with Gasteiger partial charge in [0.1, 0.15) is 0 Å². The van der Waals surface area contributed by atoms with Gasteiger partial charge in [0, 0.05) is 24.2 Å². The van der Waals surface area contributed by atoms with Gasteiger partial charge < -0.3 is 0 Å². The third-order valence-electron chi connectivity index (χ3n) is 5.35. The van der Waals surface area contributed by atoms with Crippen LogP contribution in [-0.4, -0.2) is 47.1 Å². The summed E-state index contributed by atoms with van der Waals surface area (Å²) in [6.07, 6.45) is 8.38. The monoisotopic (exact) mass is 252 g/mol. The standard InChI is InChI=1S/C16H32N2/c1-13-7-8-14(2)17(13)11-5-6-12-18-15(3)9-10-16(18)4/h13-16H,5-12H2,1-4H3/t13-,14-,15-,16+/m0/s1. The molecular formula is C16H32N2. The number of nitrogens with zero attached hydrogens (tertiary/aromatic N) is 2. The van der Waals surface area contributed by atoms with Crippen molar-refractivity contribution in [3.8, 4) is 0 Å². The molecule has 0 radical (unpaired) electrons. The lowest BCUT2D eigenvalue weighted by Gasteiger charge is -2.28. The lowest BCUT2D eigenvalue weighted by Crippen LogP contribution is -2.36. The molecular weight excluding hydrogens is 220 g/mol. The van der Waals surface area contributed by atoms with Crippen LogP contribution in [0.1, 0.15) is 66.2 Å². The topological polar surface area (TPSA) is 6.48 Å². The van der Waals surface area contributed by atoms with Crippen LogP contribution in [0.4, 0.5) is 0 Å². The Hall–Kier alpha value is -0.0800. The molecule has 4 atom stereocenters. The maximum atomic E-state index is 2.72. The van der Waals surface area contributed by atoms with E-state index in [0.717, 1.165) is 24.2 Å². The molecule has 2 fully saturated rings. The maximum Gasteiger partial charge on any atom is 0.00703 e. The summed E-state index contributed by atoms with van der Waals surface area (Å²) in [5, 5.41) is 0. The van der Waals surface area contributed by atoms with Crippen molar-refractivity contribution in [3.05, 3.63) is 0 Å². The fraction of sp³-hybridized carbons (Fsp3) is 1.00. The molecule has 0 aliphatic carbocycles. The first kappa shape index (κ1) is 14.3. The van der Waals surface area contributed by atoms with Crippen molar-refractivity contribution >= 4 is 0 Å². The van der Waals surface area contributed by atoms with Crippen molar-refractivity contribution in [1.82, 2.24) is 9.80 Å². The van der Waals surface area contributed by atoms with Crippen molar-refractivity contribution in [3.63, 3.8) is 0 Å². The normalized spacial score (nSPS) is 38.7. The van der Waals surface area contributed by atoms with Gasteiger partial charge in [0.15, 0.2) is 0 Å². The highest BCUT2D eigenvalue weighted by molar-refractivity contribution is 4.83. The summed E-state index contributed by atoms with van der Waals surface area (Å²) in [4.78, 5) is 5.44. The lowest BCUT2D eigenvalue weighted by molar-refractivity contribution is 0.185. The summed E-state index contributed by atoms with van der Waals surface area (Å²) in [6, 6.07) is 3.29. The average Bonchev–Trinajstić information content (AvgIpc) is 2.82. The summed E-state index contributed by atoms with van der Waals surface area (Å²) in [5.41, 5.74) is 0. The molecule has 0 aromatic rings. The van der Waals surface area contributed by atoms with Gasteiger partial charge in [-0.2, -0.15) is 0 Å². The first-order valence-electron chi connectivity index (χ1n) is 8.11. The van der Waals surface area contributed by atoms with Crippen molar-refractivity contribution in [2.45, 2.75) is 90.4 Å². The number of hydrogen-bond acceptors (Lipinski definition) is 2. The van der Waals surface area contributed by atoms with Crippen molar-refractivity contribution < 1.29 is 0 Å². The molecule has 0 aromatic carbocycles. The number of likely N-dealkylation sites (tertiary alicyclic amines) is 2. The molecule has 2 nitrogen and oxygen atoms in total. The minimum Gasteiger partial charge on any atom is -0.298 e. The van der Waals surface area contributed by atoms with E-state index in [1.807, 2.05) is 0 Å². The van der Waals surface area contributed by atoms with Gasteiger partial charge in [0.25, 0.3) is 0 Å². The molecule has 0 aromatic heterocycles. The molecule has 2 rings (SSSR count). The molecule has 0 saturated carbocycles. The molecule has 18 heavy (non-hydrogen) atoms. The second-order valence-electron chi connectivity index (χ2n) is 6.73. The zero-order valence-electron chi connectivity index (χ0n) is 12.9. The molecule has 2 heteroatoms. The van der Waals surface area contributed by atoms with Crippen LogP contribution < -0.4 is 0 Å². The lowest BCUT2D eigenvalue weighted by atomic mass is 10.2. The van der Waals surface area contributed by atoms with E-state index in [-0.39, 0.29) is 0 Å². The van der Waals surface area contributed by atoms with Gasteiger partial charge in [-0.3, -0.25) is 9.80 Å². The van der Waals surface area contributed by atoms with E-state index in [4.69, 9.17) is 0 Å². The number of rotatable bonds is 5. The first-order valence-corrected chi connectivity index (χ1v) is 8.11. The van der Waals surface area contributed by atoms with Crippen LogP contribution >= 0.6 is 0 Å². The molecule has 2 aliphatic rings. The Balaban J connectivity index is 1.64. The van der Waals surface area contributed by atoms with Gasteiger partial charge in [-0.05, 0) is 79.3 Å². The van der Waals surface area contributed by atoms with Gasteiger partial charge in [-0.1, -0.05) is 0 Å². The van der Waals surface area contributed by atoms with Crippen LogP contribution in [0.2, 0.25) is 0 Å².